The van der Waals surface area contributed by atoms with E-state index in [0.29, 0.717) is 12.6 Å². The van der Waals surface area contributed by atoms with Crippen molar-refractivity contribution in [1.29, 1.82) is 0 Å². The van der Waals surface area contributed by atoms with Crippen LogP contribution in [0.3, 0.4) is 0 Å². The Bertz CT molecular complexity index is 815. The van der Waals surface area contributed by atoms with Crippen LogP contribution in [0, 0.1) is 6.92 Å². The number of aromatic nitrogens is 1. The van der Waals surface area contributed by atoms with Crippen LogP contribution in [0.15, 0.2) is 18.2 Å². The standard InChI is InChI=1S/C22H30N2O3/c1-15-21(22(25)23-14-18-9-6-12-27-18)19-13-17(26-2)10-11-20(19)24(15)16-7-4-3-5-8-16/h10-11,13,16,18H,3-9,12,14H2,1-2H3,(H,23,25). The minimum absolute atomic E-state index is 0.00388. The lowest BCUT2D eigenvalue weighted by molar-refractivity contribution is 0.0858. The van der Waals surface area contributed by atoms with Crippen molar-refractivity contribution < 1.29 is 14.3 Å². The molecular formula is C22H30N2O3. The van der Waals surface area contributed by atoms with Crippen molar-refractivity contribution in [3.63, 3.8) is 0 Å². The van der Waals surface area contributed by atoms with Crippen molar-refractivity contribution in [3.8, 4) is 5.75 Å². The topological polar surface area (TPSA) is 52.5 Å². The summed E-state index contributed by atoms with van der Waals surface area (Å²) in [5.41, 5.74) is 2.99. The van der Waals surface area contributed by atoms with Gasteiger partial charge in [-0.2, -0.15) is 0 Å². The average molecular weight is 370 g/mol. The molecule has 2 aliphatic rings. The van der Waals surface area contributed by atoms with Gasteiger partial charge in [-0.05, 0) is 50.8 Å². The number of hydrogen-bond donors (Lipinski definition) is 1. The van der Waals surface area contributed by atoms with Gasteiger partial charge in [0.25, 0.3) is 5.91 Å². The molecule has 5 nitrogen and oxygen atoms in total. The van der Waals surface area contributed by atoms with Crippen molar-refractivity contribution in [1.82, 2.24) is 9.88 Å². The van der Waals surface area contributed by atoms with Gasteiger partial charge in [-0.15, -0.1) is 0 Å². The van der Waals surface area contributed by atoms with Gasteiger partial charge in [-0.1, -0.05) is 19.3 Å². The fourth-order valence-electron chi connectivity index (χ4n) is 4.75. The monoisotopic (exact) mass is 370 g/mol. The van der Waals surface area contributed by atoms with Gasteiger partial charge in [-0.3, -0.25) is 4.79 Å². The summed E-state index contributed by atoms with van der Waals surface area (Å²) in [7, 11) is 1.67. The largest absolute Gasteiger partial charge is 0.497 e. The lowest BCUT2D eigenvalue weighted by Gasteiger charge is -2.26. The molecule has 1 aliphatic carbocycles. The smallest absolute Gasteiger partial charge is 0.253 e. The summed E-state index contributed by atoms with van der Waals surface area (Å²) in [4.78, 5) is 13.1. The normalized spacial score (nSPS) is 20.9. The van der Waals surface area contributed by atoms with Crippen LogP contribution >= 0.6 is 0 Å². The maximum atomic E-state index is 13.1. The number of benzene rings is 1. The van der Waals surface area contributed by atoms with Crippen LogP contribution in [-0.2, 0) is 4.74 Å². The summed E-state index contributed by atoms with van der Waals surface area (Å²) in [5, 5.41) is 4.10. The van der Waals surface area contributed by atoms with Crippen LogP contribution in [0.2, 0.25) is 0 Å². The Kier molecular flexibility index (Phi) is 5.39. The minimum Gasteiger partial charge on any atom is -0.497 e. The molecule has 1 aliphatic heterocycles. The molecule has 1 saturated heterocycles. The molecule has 1 N–H and O–H groups in total. The predicted molar refractivity (Wildman–Crippen MR) is 107 cm³/mol. The molecule has 1 atom stereocenters. The zero-order valence-electron chi connectivity index (χ0n) is 16.4. The van der Waals surface area contributed by atoms with Gasteiger partial charge in [0, 0.05) is 35.8 Å². The summed E-state index contributed by atoms with van der Waals surface area (Å²) in [5.74, 6) is 0.785. The first kappa shape index (κ1) is 18.4. The average Bonchev–Trinajstić information content (AvgIpc) is 3.31. The van der Waals surface area contributed by atoms with Crippen molar-refractivity contribution in [2.45, 2.75) is 64.0 Å². The number of carbonyl (C=O) groups is 1. The maximum absolute atomic E-state index is 13.1. The van der Waals surface area contributed by atoms with Gasteiger partial charge in [0.1, 0.15) is 5.75 Å². The quantitative estimate of drug-likeness (QED) is 0.850. The van der Waals surface area contributed by atoms with E-state index in [1.54, 1.807) is 7.11 Å². The number of carbonyl (C=O) groups excluding carboxylic acids is 1. The summed E-state index contributed by atoms with van der Waals surface area (Å²) >= 11 is 0. The number of fused-ring (bicyclic) bond motifs is 1. The van der Waals surface area contributed by atoms with Crippen LogP contribution in [-0.4, -0.2) is 36.8 Å². The number of hydrogen-bond acceptors (Lipinski definition) is 3. The highest BCUT2D eigenvalue weighted by Gasteiger charge is 2.26. The zero-order valence-corrected chi connectivity index (χ0v) is 16.4. The molecule has 1 aromatic heterocycles. The molecule has 2 fully saturated rings. The van der Waals surface area contributed by atoms with E-state index in [2.05, 4.69) is 22.9 Å². The van der Waals surface area contributed by atoms with E-state index in [9.17, 15) is 4.79 Å². The zero-order chi connectivity index (χ0) is 18.8. The minimum atomic E-state index is -0.00388. The van der Waals surface area contributed by atoms with E-state index in [4.69, 9.17) is 9.47 Å². The molecule has 2 aromatic rings. The maximum Gasteiger partial charge on any atom is 0.253 e. The highest BCUT2D eigenvalue weighted by atomic mass is 16.5. The molecule has 2 heterocycles. The first-order valence-electron chi connectivity index (χ1n) is 10.3. The lowest BCUT2D eigenvalue weighted by atomic mass is 9.95. The van der Waals surface area contributed by atoms with Crippen LogP contribution in [0.4, 0.5) is 0 Å². The number of methoxy groups -OCH3 is 1. The van der Waals surface area contributed by atoms with Crippen LogP contribution in [0.5, 0.6) is 5.75 Å². The van der Waals surface area contributed by atoms with E-state index in [0.717, 1.165) is 47.4 Å². The van der Waals surface area contributed by atoms with Gasteiger partial charge < -0.3 is 19.4 Å². The summed E-state index contributed by atoms with van der Waals surface area (Å²) in [6.07, 6.45) is 8.48. The highest BCUT2D eigenvalue weighted by molar-refractivity contribution is 6.08. The first-order valence-corrected chi connectivity index (χ1v) is 10.3. The third kappa shape index (κ3) is 3.57. The van der Waals surface area contributed by atoms with E-state index in [1.165, 1.54) is 32.1 Å². The fourth-order valence-corrected chi connectivity index (χ4v) is 4.75. The molecule has 146 valence electrons. The Morgan fingerprint density at radius 1 is 1.22 bits per heavy atom. The number of nitrogens with one attached hydrogen (secondary N) is 1. The second-order valence-corrected chi connectivity index (χ2v) is 7.85. The molecule has 1 saturated carbocycles. The number of nitrogens with zero attached hydrogens (tertiary/aromatic N) is 1. The van der Waals surface area contributed by atoms with Gasteiger partial charge in [0.05, 0.1) is 18.8 Å². The Morgan fingerprint density at radius 2 is 2.04 bits per heavy atom. The fraction of sp³-hybridized carbons (Fsp3) is 0.591. The first-order chi connectivity index (χ1) is 13.2. The third-order valence-corrected chi connectivity index (χ3v) is 6.14. The summed E-state index contributed by atoms with van der Waals surface area (Å²) in [6.45, 7) is 3.47. The van der Waals surface area contributed by atoms with Gasteiger partial charge in [-0.25, -0.2) is 0 Å². The van der Waals surface area contributed by atoms with Crippen LogP contribution in [0.1, 0.15) is 67.0 Å². The molecule has 1 unspecified atom stereocenters. The van der Waals surface area contributed by atoms with Crippen molar-refractivity contribution in [3.05, 3.63) is 29.5 Å². The van der Waals surface area contributed by atoms with Gasteiger partial charge >= 0.3 is 0 Å². The highest BCUT2D eigenvalue weighted by Crippen LogP contribution is 2.37. The van der Waals surface area contributed by atoms with Crippen molar-refractivity contribution in [2.75, 3.05) is 20.3 Å². The number of rotatable bonds is 5. The molecule has 0 spiro atoms. The molecule has 0 radical (unpaired) electrons. The molecule has 0 bridgehead atoms. The summed E-state index contributed by atoms with van der Waals surface area (Å²) < 4.78 is 13.5. The molecule has 1 aromatic carbocycles. The number of ether oxygens (including phenoxy) is 2. The second kappa shape index (κ2) is 7.93. The van der Waals surface area contributed by atoms with E-state index >= 15 is 0 Å². The molecule has 5 heteroatoms. The van der Waals surface area contributed by atoms with E-state index in [1.807, 2.05) is 12.1 Å². The third-order valence-electron chi connectivity index (χ3n) is 6.14. The Hall–Kier alpha value is -2.01. The summed E-state index contributed by atoms with van der Waals surface area (Å²) in [6, 6.07) is 6.58. The van der Waals surface area contributed by atoms with E-state index < -0.39 is 0 Å². The van der Waals surface area contributed by atoms with Crippen LogP contribution in [0.25, 0.3) is 10.9 Å². The van der Waals surface area contributed by atoms with Crippen LogP contribution < -0.4 is 10.1 Å². The van der Waals surface area contributed by atoms with E-state index in [-0.39, 0.29) is 12.0 Å². The Balaban J connectivity index is 1.70. The molecule has 27 heavy (non-hydrogen) atoms. The Labute approximate surface area is 161 Å². The molecule has 4 rings (SSSR count). The van der Waals surface area contributed by atoms with Crippen molar-refractivity contribution >= 4 is 16.8 Å². The molecule has 1 amide bonds. The predicted octanol–water partition coefficient (Wildman–Crippen LogP) is 4.37. The lowest BCUT2D eigenvalue weighted by Crippen LogP contribution is -2.32. The second-order valence-electron chi connectivity index (χ2n) is 7.85. The van der Waals surface area contributed by atoms with Gasteiger partial charge in [0.15, 0.2) is 0 Å². The number of amides is 1. The van der Waals surface area contributed by atoms with Crippen molar-refractivity contribution in [2.24, 2.45) is 0 Å². The SMILES string of the molecule is COc1ccc2c(c1)c(C(=O)NCC1CCCO1)c(C)n2C1CCCCC1. The molecular weight excluding hydrogens is 340 g/mol. The van der Waals surface area contributed by atoms with Gasteiger partial charge in [0.2, 0.25) is 0 Å². The Morgan fingerprint density at radius 3 is 2.74 bits per heavy atom.